The first-order chi connectivity index (χ1) is 13.5. The van der Waals surface area contributed by atoms with Crippen LogP contribution in [0.5, 0.6) is 0 Å². The van der Waals surface area contributed by atoms with Crippen LogP contribution in [0.3, 0.4) is 0 Å². The predicted octanol–water partition coefficient (Wildman–Crippen LogP) is 4.20. The number of anilines is 2. The smallest absolute Gasteiger partial charge is 0.321 e. The summed E-state index contributed by atoms with van der Waals surface area (Å²) in [6, 6.07) is 12.9. The van der Waals surface area contributed by atoms with E-state index in [0.29, 0.717) is 31.2 Å². The summed E-state index contributed by atoms with van der Waals surface area (Å²) in [6.07, 6.45) is 1.64. The van der Waals surface area contributed by atoms with Crippen molar-refractivity contribution >= 4 is 23.4 Å². The Morgan fingerprint density at radius 1 is 1.04 bits per heavy atom. The Hall–Kier alpha value is -3.09. The molecule has 7 heteroatoms. The minimum atomic E-state index is -0.335. The van der Waals surface area contributed by atoms with E-state index in [2.05, 4.69) is 16.0 Å². The molecule has 0 radical (unpaired) electrons. The largest absolute Gasteiger partial charge is 0.338 e. The number of hydrogen-bond acceptors (Lipinski definition) is 2. The summed E-state index contributed by atoms with van der Waals surface area (Å²) in [7, 11) is 0. The zero-order valence-corrected chi connectivity index (χ0v) is 15.9. The molecule has 0 unspecified atom stereocenters. The predicted molar refractivity (Wildman–Crippen MR) is 108 cm³/mol. The molecular formula is C21H25FN4O2. The molecule has 28 heavy (non-hydrogen) atoms. The SMILES string of the molecule is Cc1ccccc1NC(=O)NCC1CCN(C(=O)Nc2ccc(F)cc2)CC1. The van der Waals surface area contributed by atoms with Gasteiger partial charge in [0.15, 0.2) is 0 Å². The molecule has 2 aromatic carbocycles. The van der Waals surface area contributed by atoms with Gasteiger partial charge in [0.2, 0.25) is 0 Å². The van der Waals surface area contributed by atoms with E-state index in [1.165, 1.54) is 24.3 Å². The highest BCUT2D eigenvalue weighted by molar-refractivity contribution is 5.90. The Morgan fingerprint density at radius 3 is 2.39 bits per heavy atom. The minimum absolute atomic E-state index is 0.185. The number of halogens is 1. The van der Waals surface area contributed by atoms with Gasteiger partial charge in [-0.2, -0.15) is 0 Å². The Kier molecular flexibility index (Phi) is 6.47. The number of aryl methyl sites for hydroxylation is 1. The zero-order chi connectivity index (χ0) is 19.9. The van der Waals surface area contributed by atoms with Gasteiger partial charge in [0.1, 0.15) is 5.82 Å². The number of piperidine rings is 1. The molecule has 0 aliphatic carbocycles. The quantitative estimate of drug-likeness (QED) is 0.739. The number of carbonyl (C=O) groups is 2. The van der Waals surface area contributed by atoms with Crippen LogP contribution in [-0.4, -0.2) is 36.6 Å². The fourth-order valence-electron chi connectivity index (χ4n) is 3.19. The van der Waals surface area contributed by atoms with Crippen molar-refractivity contribution in [2.75, 3.05) is 30.3 Å². The monoisotopic (exact) mass is 384 g/mol. The first kappa shape index (κ1) is 19.7. The second-order valence-electron chi connectivity index (χ2n) is 7.02. The number of para-hydroxylation sites is 1. The summed E-state index contributed by atoms with van der Waals surface area (Å²) in [6.45, 7) is 3.77. The molecule has 0 aromatic heterocycles. The summed E-state index contributed by atoms with van der Waals surface area (Å²) >= 11 is 0. The van der Waals surface area contributed by atoms with Crippen LogP contribution in [0, 0.1) is 18.7 Å². The number of urea groups is 2. The third-order valence-electron chi connectivity index (χ3n) is 4.94. The van der Waals surface area contributed by atoms with E-state index in [4.69, 9.17) is 0 Å². The normalized spacial score (nSPS) is 14.4. The highest BCUT2D eigenvalue weighted by atomic mass is 19.1. The molecule has 0 spiro atoms. The molecule has 3 N–H and O–H groups in total. The van der Waals surface area contributed by atoms with E-state index in [-0.39, 0.29) is 17.9 Å². The first-order valence-electron chi connectivity index (χ1n) is 9.43. The maximum Gasteiger partial charge on any atom is 0.321 e. The number of nitrogens with one attached hydrogen (secondary N) is 3. The molecule has 6 nitrogen and oxygen atoms in total. The molecule has 3 rings (SSSR count). The van der Waals surface area contributed by atoms with E-state index < -0.39 is 0 Å². The molecular weight excluding hydrogens is 359 g/mol. The van der Waals surface area contributed by atoms with E-state index in [1.54, 1.807) is 4.90 Å². The van der Waals surface area contributed by atoms with Gasteiger partial charge in [-0.15, -0.1) is 0 Å². The van der Waals surface area contributed by atoms with Crippen LogP contribution in [-0.2, 0) is 0 Å². The van der Waals surface area contributed by atoms with Crippen molar-refractivity contribution in [3.05, 3.63) is 59.9 Å². The molecule has 4 amide bonds. The highest BCUT2D eigenvalue weighted by Crippen LogP contribution is 2.18. The lowest BCUT2D eigenvalue weighted by Gasteiger charge is -2.32. The van der Waals surface area contributed by atoms with Crippen molar-refractivity contribution in [3.8, 4) is 0 Å². The fourth-order valence-corrected chi connectivity index (χ4v) is 3.19. The molecule has 2 aromatic rings. The number of benzene rings is 2. The number of nitrogens with zero attached hydrogens (tertiary/aromatic N) is 1. The van der Waals surface area contributed by atoms with Crippen molar-refractivity contribution < 1.29 is 14.0 Å². The van der Waals surface area contributed by atoms with Crippen LogP contribution >= 0.6 is 0 Å². The van der Waals surface area contributed by atoms with Crippen molar-refractivity contribution in [3.63, 3.8) is 0 Å². The maximum absolute atomic E-state index is 12.9. The first-order valence-corrected chi connectivity index (χ1v) is 9.43. The molecule has 1 aliphatic heterocycles. The van der Waals surface area contributed by atoms with E-state index >= 15 is 0 Å². The lowest BCUT2D eigenvalue weighted by atomic mass is 9.97. The topological polar surface area (TPSA) is 73.5 Å². The number of likely N-dealkylation sites (tertiary alicyclic amines) is 1. The van der Waals surface area contributed by atoms with E-state index in [0.717, 1.165) is 24.1 Å². The zero-order valence-electron chi connectivity index (χ0n) is 15.9. The second-order valence-corrected chi connectivity index (χ2v) is 7.02. The van der Waals surface area contributed by atoms with Crippen LogP contribution in [0.2, 0.25) is 0 Å². The van der Waals surface area contributed by atoms with Gasteiger partial charge in [-0.05, 0) is 61.6 Å². The van der Waals surface area contributed by atoms with E-state index in [9.17, 15) is 14.0 Å². The van der Waals surface area contributed by atoms with Gasteiger partial charge >= 0.3 is 12.1 Å². The second kappa shape index (κ2) is 9.21. The standard InChI is InChI=1S/C21H25FN4O2/c1-15-4-2-3-5-19(15)25-20(27)23-14-16-10-12-26(13-11-16)21(28)24-18-8-6-17(22)7-9-18/h2-9,16H,10-14H2,1H3,(H,24,28)(H2,23,25,27). The molecule has 0 bridgehead atoms. The highest BCUT2D eigenvalue weighted by Gasteiger charge is 2.23. The van der Waals surface area contributed by atoms with Gasteiger partial charge in [0, 0.05) is 31.0 Å². The van der Waals surface area contributed by atoms with Gasteiger partial charge in [-0.25, -0.2) is 14.0 Å². The van der Waals surface area contributed by atoms with Crippen LogP contribution in [0.15, 0.2) is 48.5 Å². The van der Waals surface area contributed by atoms with Crippen molar-refractivity contribution in [1.29, 1.82) is 0 Å². The Labute approximate surface area is 164 Å². The number of amides is 4. The molecule has 1 saturated heterocycles. The Balaban J connectivity index is 1.39. The number of hydrogen-bond donors (Lipinski definition) is 3. The molecule has 0 saturated carbocycles. The number of carbonyl (C=O) groups excluding carboxylic acids is 2. The van der Waals surface area contributed by atoms with Gasteiger partial charge in [0.25, 0.3) is 0 Å². The molecule has 1 heterocycles. The summed E-state index contributed by atoms with van der Waals surface area (Å²) in [5.41, 5.74) is 2.38. The Bertz CT molecular complexity index is 817. The third-order valence-corrected chi connectivity index (χ3v) is 4.94. The molecule has 1 aliphatic rings. The fraction of sp³-hybridized carbons (Fsp3) is 0.333. The van der Waals surface area contributed by atoms with Crippen molar-refractivity contribution in [2.24, 2.45) is 5.92 Å². The lowest BCUT2D eigenvalue weighted by Crippen LogP contribution is -2.43. The van der Waals surface area contributed by atoms with Crippen LogP contribution < -0.4 is 16.0 Å². The number of rotatable bonds is 4. The minimum Gasteiger partial charge on any atom is -0.338 e. The lowest BCUT2D eigenvalue weighted by molar-refractivity contribution is 0.181. The molecule has 1 fully saturated rings. The van der Waals surface area contributed by atoms with Crippen molar-refractivity contribution in [2.45, 2.75) is 19.8 Å². The summed E-state index contributed by atoms with van der Waals surface area (Å²) in [5, 5.41) is 8.55. The van der Waals surface area contributed by atoms with Gasteiger partial charge < -0.3 is 20.9 Å². The third kappa shape index (κ3) is 5.45. The average molecular weight is 384 g/mol. The maximum atomic E-state index is 12.9. The molecule has 0 atom stereocenters. The van der Waals surface area contributed by atoms with Crippen LogP contribution in [0.25, 0.3) is 0 Å². The summed E-state index contributed by atoms with van der Waals surface area (Å²) < 4.78 is 12.9. The Morgan fingerprint density at radius 2 is 1.71 bits per heavy atom. The average Bonchev–Trinajstić information content (AvgIpc) is 2.70. The van der Waals surface area contributed by atoms with Crippen LogP contribution in [0.4, 0.5) is 25.4 Å². The van der Waals surface area contributed by atoms with Gasteiger partial charge in [-0.3, -0.25) is 0 Å². The molecule has 148 valence electrons. The van der Waals surface area contributed by atoms with Gasteiger partial charge in [-0.1, -0.05) is 18.2 Å². The van der Waals surface area contributed by atoms with Gasteiger partial charge in [0.05, 0.1) is 0 Å². The van der Waals surface area contributed by atoms with Crippen molar-refractivity contribution in [1.82, 2.24) is 10.2 Å². The summed E-state index contributed by atoms with van der Waals surface area (Å²) in [4.78, 5) is 26.1. The van der Waals surface area contributed by atoms with E-state index in [1.807, 2.05) is 31.2 Å². The van der Waals surface area contributed by atoms with Crippen LogP contribution in [0.1, 0.15) is 18.4 Å². The summed E-state index contributed by atoms with van der Waals surface area (Å²) in [5.74, 6) is -0.00438.